The third kappa shape index (κ3) is 4.30. The van der Waals surface area contributed by atoms with Gasteiger partial charge in [0.15, 0.2) is 0 Å². The summed E-state index contributed by atoms with van der Waals surface area (Å²) in [4.78, 5) is 45.7. The highest BCUT2D eigenvalue weighted by Crippen LogP contribution is 2.47. The van der Waals surface area contributed by atoms with Crippen LogP contribution >= 0.6 is 23.4 Å². The number of fused-ring (bicyclic) bond motifs is 1. The van der Waals surface area contributed by atoms with Gasteiger partial charge >= 0.3 is 6.03 Å². The molecule has 0 aliphatic carbocycles. The molecule has 0 N–H and O–H groups in total. The third-order valence-corrected chi connectivity index (χ3v) is 7.60. The van der Waals surface area contributed by atoms with E-state index in [0.717, 1.165) is 21.1 Å². The van der Waals surface area contributed by atoms with Crippen molar-refractivity contribution < 1.29 is 14.4 Å². The molecule has 4 rings (SSSR count). The van der Waals surface area contributed by atoms with E-state index in [1.54, 1.807) is 35.2 Å². The molecule has 2 aromatic carbocycles. The van der Waals surface area contributed by atoms with Crippen molar-refractivity contribution in [3.63, 3.8) is 0 Å². The molecule has 8 heteroatoms. The average Bonchev–Trinajstić information content (AvgIpc) is 3.11. The van der Waals surface area contributed by atoms with Crippen LogP contribution in [0.4, 0.5) is 16.2 Å². The molecule has 2 aliphatic rings. The molecule has 170 valence electrons. The molecule has 0 aromatic heterocycles. The molecule has 2 heterocycles. The summed E-state index contributed by atoms with van der Waals surface area (Å²) in [6, 6.07) is 15.3. The van der Waals surface area contributed by atoms with E-state index >= 15 is 0 Å². The van der Waals surface area contributed by atoms with Gasteiger partial charge in [-0.05, 0) is 60.7 Å². The second-order valence-electron chi connectivity index (χ2n) is 7.91. The number of hydrogen-bond donors (Lipinski definition) is 0. The van der Waals surface area contributed by atoms with E-state index < -0.39 is 17.3 Å². The van der Waals surface area contributed by atoms with E-state index in [1.807, 2.05) is 44.2 Å². The Bertz CT molecular complexity index is 1130. The average molecular weight is 482 g/mol. The van der Waals surface area contributed by atoms with E-state index in [9.17, 15) is 14.4 Å². The molecule has 2 aliphatic heterocycles. The number of carbonyl (C=O) groups excluding carboxylic acids is 3. The lowest BCUT2D eigenvalue weighted by Gasteiger charge is -2.42. The maximum Gasteiger partial charge on any atom is 0.332 e. The van der Waals surface area contributed by atoms with E-state index in [-0.39, 0.29) is 18.4 Å². The van der Waals surface area contributed by atoms with Gasteiger partial charge < -0.3 is 9.80 Å². The summed E-state index contributed by atoms with van der Waals surface area (Å²) in [5.41, 5.74) is 2.07. The molecule has 1 fully saturated rings. The van der Waals surface area contributed by atoms with Gasteiger partial charge in [-0.2, -0.15) is 0 Å². The topological polar surface area (TPSA) is 60.9 Å². The minimum atomic E-state index is -0.515. The SMILES string of the molecule is C=CCN(C(=O)CN1C(=O)N(c2ccc(Cl)cc2)C(=O)C2C(C)=C(C)SC21)c1ccccc1. The van der Waals surface area contributed by atoms with Gasteiger partial charge in [-0.15, -0.1) is 18.3 Å². The first kappa shape index (κ1) is 23.1. The number of hydrogen-bond acceptors (Lipinski definition) is 4. The number of thioether (sulfide) groups is 1. The van der Waals surface area contributed by atoms with Crippen molar-refractivity contribution in [1.82, 2.24) is 4.90 Å². The van der Waals surface area contributed by atoms with Crippen molar-refractivity contribution in [3.8, 4) is 0 Å². The number of benzene rings is 2. The second kappa shape index (κ2) is 9.45. The normalized spacial score (nSPS) is 20.2. The van der Waals surface area contributed by atoms with Crippen LogP contribution in [-0.2, 0) is 9.59 Å². The molecule has 2 atom stereocenters. The molecule has 2 unspecified atom stereocenters. The minimum Gasteiger partial charge on any atom is -0.307 e. The van der Waals surface area contributed by atoms with E-state index in [1.165, 1.54) is 16.7 Å². The zero-order valence-corrected chi connectivity index (χ0v) is 20.0. The molecule has 0 spiro atoms. The van der Waals surface area contributed by atoms with Crippen molar-refractivity contribution >= 4 is 52.6 Å². The number of para-hydroxylation sites is 1. The van der Waals surface area contributed by atoms with Crippen LogP contribution in [0.25, 0.3) is 0 Å². The van der Waals surface area contributed by atoms with Crippen molar-refractivity contribution in [1.29, 1.82) is 0 Å². The third-order valence-electron chi connectivity index (χ3n) is 5.91. The quantitative estimate of drug-likeness (QED) is 0.524. The zero-order chi connectivity index (χ0) is 23.7. The fourth-order valence-corrected chi connectivity index (χ4v) is 5.65. The van der Waals surface area contributed by atoms with Gasteiger partial charge in [0, 0.05) is 17.3 Å². The summed E-state index contributed by atoms with van der Waals surface area (Å²) in [5.74, 6) is -1.05. The summed E-state index contributed by atoms with van der Waals surface area (Å²) >= 11 is 7.47. The lowest BCUT2D eigenvalue weighted by Crippen LogP contribution is -2.62. The van der Waals surface area contributed by atoms with Crippen LogP contribution < -0.4 is 9.80 Å². The molecule has 0 bridgehead atoms. The van der Waals surface area contributed by atoms with E-state index in [4.69, 9.17) is 11.6 Å². The van der Waals surface area contributed by atoms with Crippen molar-refractivity contribution in [2.75, 3.05) is 22.9 Å². The van der Waals surface area contributed by atoms with Crippen LogP contribution in [0.5, 0.6) is 0 Å². The van der Waals surface area contributed by atoms with Crippen LogP contribution in [-0.4, -0.2) is 41.2 Å². The van der Waals surface area contributed by atoms with Gasteiger partial charge in [-0.25, -0.2) is 9.69 Å². The van der Waals surface area contributed by atoms with Crippen LogP contribution in [0, 0.1) is 5.92 Å². The maximum atomic E-state index is 13.6. The first-order valence-electron chi connectivity index (χ1n) is 10.5. The van der Waals surface area contributed by atoms with Crippen molar-refractivity contribution in [3.05, 3.63) is 82.8 Å². The molecule has 0 radical (unpaired) electrons. The summed E-state index contributed by atoms with van der Waals surface area (Å²) < 4.78 is 0. The van der Waals surface area contributed by atoms with Crippen LogP contribution in [0.2, 0.25) is 5.02 Å². The lowest BCUT2D eigenvalue weighted by atomic mass is 9.95. The highest BCUT2D eigenvalue weighted by atomic mass is 35.5. The molecule has 33 heavy (non-hydrogen) atoms. The molecule has 0 saturated carbocycles. The second-order valence-corrected chi connectivity index (χ2v) is 9.68. The Hall–Kier alpha value is -3.03. The number of nitrogens with zero attached hydrogens (tertiary/aromatic N) is 3. The summed E-state index contributed by atoms with van der Waals surface area (Å²) in [6.07, 6.45) is 1.65. The van der Waals surface area contributed by atoms with Gasteiger partial charge in [-0.1, -0.05) is 35.9 Å². The predicted octanol–water partition coefficient (Wildman–Crippen LogP) is 5.31. The smallest absolute Gasteiger partial charge is 0.307 e. The highest BCUT2D eigenvalue weighted by molar-refractivity contribution is 8.03. The molecule has 4 amide bonds. The number of allylic oxidation sites excluding steroid dienone is 1. The van der Waals surface area contributed by atoms with Gasteiger partial charge in [0.1, 0.15) is 6.54 Å². The Labute approximate surface area is 202 Å². The number of imide groups is 1. The molecule has 2 aromatic rings. The predicted molar refractivity (Wildman–Crippen MR) is 133 cm³/mol. The van der Waals surface area contributed by atoms with Crippen LogP contribution in [0.15, 0.2) is 77.7 Å². The number of anilines is 2. The first-order chi connectivity index (χ1) is 15.8. The number of rotatable bonds is 6. The van der Waals surface area contributed by atoms with Crippen LogP contribution in [0.1, 0.15) is 13.8 Å². The fourth-order valence-electron chi connectivity index (χ4n) is 4.10. The molecule has 1 saturated heterocycles. The zero-order valence-electron chi connectivity index (χ0n) is 18.4. The maximum absolute atomic E-state index is 13.6. The van der Waals surface area contributed by atoms with Crippen molar-refractivity contribution in [2.24, 2.45) is 5.92 Å². The van der Waals surface area contributed by atoms with Gasteiger partial charge in [0.05, 0.1) is 17.0 Å². The Morgan fingerprint density at radius 3 is 2.42 bits per heavy atom. The number of urea groups is 1. The van der Waals surface area contributed by atoms with Crippen LogP contribution in [0.3, 0.4) is 0 Å². The highest BCUT2D eigenvalue weighted by Gasteiger charge is 2.51. The summed E-state index contributed by atoms with van der Waals surface area (Å²) in [6.45, 7) is 7.76. The number of amides is 4. The largest absolute Gasteiger partial charge is 0.332 e. The molecular formula is C25H24ClN3O3S. The monoisotopic (exact) mass is 481 g/mol. The standard InChI is InChI=1S/C25H24ClN3O3S/c1-4-14-27(19-8-6-5-7-9-19)21(30)15-28-24-22(16(2)17(3)33-24)23(31)29(25(28)32)20-12-10-18(26)11-13-20/h4-13,22,24H,1,14-15H2,2-3H3. The summed E-state index contributed by atoms with van der Waals surface area (Å²) in [7, 11) is 0. The minimum absolute atomic E-state index is 0.159. The lowest BCUT2D eigenvalue weighted by molar-refractivity contribution is -0.125. The van der Waals surface area contributed by atoms with E-state index in [2.05, 4.69) is 6.58 Å². The van der Waals surface area contributed by atoms with E-state index in [0.29, 0.717) is 17.3 Å². The Balaban J connectivity index is 1.69. The van der Waals surface area contributed by atoms with Crippen molar-refractivity contribution in [2.45, 2.75) is 19.2 Å². The Morgan fingerprint density at radius 1 is 1.12 bits per heavy atom. The van der Waals surface area contributed by atoms with Gasteiger partial charge in [-0.3, -0.25) is 9.59 Å². The van der Waals surface area contributed by atoms with Gasteiger partial charge in [0.25, 0.3) is 0 Å². The van der Waals surface area contributed by atoms with Gasteiger partial charge in [0.2, 0.25) is 11.8 Å². The number of halogens is 1. The summed E-state index contributed by atoms with van der Waals surface area (Å²) in [5, 5.41) is 0.0469. The first-order valence-corrected chi connectivity index (χ1v) is 11.8. The Kier molecular flexibility index (Phi) is 6.63. The Morgan fingerprint density at radius 2 is 1.79 bits per heavy atom. The molecular weight excluding hydrogens is 458 g/mol. The number of carbonyl (C=O) groups is 3. The molecule has 6 nitrogen and oxygen atoms in total. The fraction of sp³-hybridized carbons (Fsp3) is 0.240.